The zero-order valence-electron chi connectivity index (χ0n) is 11.4. The van der Waals surface area contributed by atoms with Crippen molar-refractivity contribution in [1.29, 1.82) is 0 Å². The molecule has 0 aliphatic heterocycles. The Hall–Kier alpha value is -1.88. The van der Waals surface area contributed by atoms with Crippen molar-refractivity contribution < 1.29 is 19.8 Å². The van der Waals surface area contributed by atoms with Crippen LogP contribution in [0.25, 0.3) is 0 Å². The second-order valence-electron chi connectivity index (χ2n) is 5.23. The van der Waals surface area contributed by atoms with Crippen LogP contribution in [0.2, 0.25) is 0 Å². The fraction of sp³-hybridized carbons (Fsp3) is 0.467. The highest BCUT2D eigenvalue weighted by atomic mass is 16.4. The average molecular weight is 277 g/mol. The fourth-order valence-electron chi connectivity index (χ4n) is 2.77. The van der Waals surface area contributed by atoms with Crippen LogP contribution in [-0.4, -0.2) is 22.1 Å². The molecule has 1 saturated carbocycles. The molecule has 3 atom stereocenters. The largest absolute Gasteiger partial charge is 0.481 e. The van der Waals surface area contributed by atoms with Gasteiger partial charge in [-0.3, -0.25) is 9.59 Å². The Morgan fingerprint density at radius 2 is 1.90 bits per heavy atom. The van der Waals surface area contributed by atoms with Crippen LogP contribution in [0.1, 0.15) is 37.9 Å². The lowest BCUT2D eigenvalue weighted by Gasteiger charge is -2.18. The van der Waals surface area contributed by atoms with Gasteiger partial charge in [0.1, 0.15) is 0 Å². The second-order valence-corrected chi connectivity index (χ2v) is 5.23. The molecule has 0 saturated heterocycles. The molecule has 1 amide bonds. The molecule has 108 valence electrons. The monoisotopic (exact) mass is 277 g/mol. The van der Waals surface area contributed by atoms with Gasteiger partial charge in [0.05, 0.1) is 17.9 Å². The number of para-hydroxylation sites is 1. The van der Waals surface area contributed by atoms with Crippen molar-refractivity contribution >= 4 is 17.6 Å². The van der Waals surface area contributed by atoms with E-state index in [0.29, 0.717) is 24.1 Å². The molecular weight excluding hydrogens is 258 g/mol. The summed E-state index contributed by atoms with van der Waals surface area (Å²) in [6.45, 7) is 1.63. The molecule has 0 heterocycles. The van der Waals surface area contributed by atoms with Gasteiger partial charge in [0.15, 0.2) is 0 Å². The number of anilines is 1. The van der Waals surface area contributed by atoms with Crippen LogP contribution in [0.15, 0.2) is 24.3 Å². The molecule has 5 heteroatoms. The van der Waals surface area contributed by atoms with E-state index in [2.05, 4.69) is 5.32 Å². The quantitative estimate of drug-likeness (QED) is 0.787. The molecule has 1 aromatic carbocycles. The van der Waals surface area contributed by atoms with Crippen LogP contribution in [0.4, 0.5) is 5.69 Å². The maximum atomic E-state index is 12.2. The Morgan fingerprint density at radius 3 is 2.55 bits per heavy atom. The molecule has 1 aromatic rings. The number of hydrogen-bond donors (Lipinski definition) is 3. The van der Waals surface area contributed by atoms with E-state index in [9.17, 15) is 14.7 Å². The van der Waals surface area contributed by atoms with Crippen molar-refractivity contribution in [2.45, 2.75) is 32.3 Å². The van der Waals surface area contributed by atoms with E-state index in [0.717, 1.165) is 6.42 Å². The highest BCUT2D eigenvalue weighted by molar-refractivity contribution is 5.96. The van der Waals surface area contributed by atoms with E-state index in [1.165, 1.54) is 0 Å². The fourth-order valence-corrected chi connectivity index (χ4v) is 2.77. The molecule has 0 radical (unpaired) electrons. The SMILES string of the molecule is CC(O)c1ccccc1NC(=O)[C@@H]1CCC[C@@H]1C(=O)O. The van der Waals surface area contributed by atoms with E-state index in [1.807, 2.05) is 0 Å². The summed E-state index contributed by atoms with van der Waals surface area (Å²) in [6.07, 6.45) is 1.21. The number of carbonyl (C=O) groups excluding carboxylic acids is 1. The predicted octanol–water partition coefficient (Wildman–Crippen LogP) is 2.18. The van der Waals surface area contributed by atoms with E-state index < -0.39 is 23.9 Å². The first-order valence-corrected chi connectivity index (χ1v) is 6.81. The van der Waals surface area contributed by atoms with Crippen LogP contribution in [-0.2, 0) is 9.59 Å². The maximum Gasteiger partial charge on any atom is 0.307 e. The molecule has 3 N–H and O–H groups in total. The van der Waals surface area contributed by atoms with Crippen molar-refractivity contribution in [3.05, 3.63) is 29.8 Å². The molecule has 1 aliphatic carbocycles. The summed E-state index contributed by atoms with van der Waals surface area (Å²) < 4.78 is 0. The molecule has 20 heavy (non-hydrogen) atoms. The lowest BCUT2D eigenvalue weighted by Crippen LogP contribution is -2.30. The summed E-state index contributed by atoms with van der Waals surface area (Å²) in [6, 6.07) is 7.01. The van der Waals surface area contributed by atoms with Crippen LogP contribution < -0.4 is 5.32 Å². The zero-order chi connectivity index (χ0) is 14.7. The molecule has 1 fully saturated rings. The van der Waals surface area contributed by atoms with Crippen LogP contribution >= 0.6 is 0 Å². The summed E-state index contributed by atoms with van der Waals surface area (Å²) in [5, 5.41) is 21.6. The summed E-state index contributed by atoms with van der Waals surface area (Å²) in [4.78, 5) is 23.4. The van der Waals surface area contributed by atoms with E-state index in [-0.39, 0.29) is 5.91 Å². The molecular formula is C15H19NO4. The van der Waals surface area contributed by atoms with Gasteiger partial charge in [-0.2, -0.15) is 0 Å². The zero-order valence-corrected chi connectivity index (χ0v) is 11.4. The smallest absolute Gasteiger partial charge is 0.307 e. The number of aliphatic hydroxyl groups excluding tert-OH is 1. The Labute approximate surface area is 117 Å². The Morgan fingerprint density at radius 1 is 1.25 bits per heavy atom. The molecule has 0 bridgehead atoms. The summed E-state index contributed by atoms with van der Waals surface area (Å²) in [7, 11) is 0. The van der Waals surface area contributed by atoms with E-state index in [4.69, 9.17) is 5.11 Å². The molecule has 5 nitrogen and oxygen atoms in total. The summed E-state index contributed by atoms with van der Waals surface area (Å²) >= 11 is 0. The third-order valence-corrected chi connectivity index (χ3v) is 3.84. The van der Waals surface area contributed by atoms with Gasteiger partial charge in [-0.05, 0) is 25.8 Å². The lowest BCUT2D eigenvalue weighted by molar-refractivity contribution is -0.145. The molecule has 1 aliphatic rings. The lowest BCUT2D eigenvalue weighted by atomic mass is 9.95. The van der Waals surface area contributed by atoms with Crippen molar-refractivity contribution in [3.63, 3.8) is 0 Å². The van der Waals surface area contributed by atoms with Gasteiger partial charge in [-0.15, -0.1) is 0 Å². The minimum Gasteiger partial charge on any atom is -0.481 e. The topological polar surface area (TPSA) is 86.6 Å². The van der Waals surface area contributed by atoms with Gasteiger partial charge >= 0.3 is 5.97 Å². The van der Waals surface area contributed by atoms with E-state index >= 15 is 0 Å². The number of amides is 1. The van der Waals surface area contributed by atoms with E-state index in [1.54, 1.807) is 31.2 Å². The highest BCUT2D eigenvalue weighted by Crippen LogP contribution is 2.33. The standard InChI is InChI=1S/C15H19NO4/c1-9(17)10-5-2-3-8-13(10)16-14(18)11-6-4-7-12(11)15(19)20/h2-3,5,8-9,11-12,17H,4,6-7H2,1H3,(H,16,18)(H,19,20)/t9?,11-,12+/m1/s1. The third kappa shape index (κ3) is 2.99. The number of aliphatic carboxylic acids is 1. The Kier molecular flexibility index (Phi) is 4.39. The number of hydrogen-bond acceptors (Lipinski definition) is 3. The predicted molar refractivity (Wildman–Crippen MR) is 74.2 cm³/mol. The first-order chi connectivity index (χ1) is 9.50. The third-order valence-electron chi connectivity index (χ3n) is 3.84. The summed E-state index contributed by atoms with van der Waals surface area (Å²) in [5.74, 6) is -2.28. The number of carbonyl (C=O) groups is 2. The normalized spacial score (nSPS) is 23.3. The molecule has 0 aromatic heterocycles. The Bertz CT molecular complexity index is 512. The first-order valence-electron chi connectivity index (χ1n) is 6.81. The number of rotatable bonds is 4. The molecule has 0 spiro atoms. The highest BCUT2D eigenvalue weighted by Gasteiger charge is 2.37. The maximum absolute atomic E-state index is 12.2. The van der Waals surface area contributed by atoms with Crippen LogP contribution in [0.3, 0.4) is 0 Å². The molecule has 2 rings (SSSR count). The first kappa shape index (κ1) is 14.5. The van der Waals surface area contributed by atoms with Crippen molar-refractivity contribution in [2.24, 2.45) is 11.8 Å². The van der Waals surface area contributed by atoms with Gasteiger partial charge in [0.25, 0.3) is 0 Å². The average Bonchev–Trinajstić information content (AvgIpc) is 2.88. The minimum absolute atomic E-state index is 0.275. The minimum atomic E-state index is -0.911. The van der Waals surface area contributed by atoms with Crippen LogP contribution in [0, 0.1) is 11.8 Å². The number of carboxylic acid groups (broad SMARTS) is 1. The number of benzene rings is 1. The van der Waals surface area contributed by atoms with Crippen molar-refractivity contribution in [1.82, 2.24) is 0 Å². The van der Waals surface area contributed by atoms with Gasteiger partial charge in [0, 0.05) is 11.3 Å². The van der Waals surface area contributed by atoms with Gasteiger partial charge < -0.3 is 15.5 Å². The Balaban J connectivity index is 2.14. The number of aliphatic hydroxyl groups is 1. The van der Waals surface area contributed by atoms with Gasteiger partial charge in [-0.1, -0.05) is 24.6 Å². The van der Waals surface area contributed by atoms with Crippen LogP contribution in [0.5, 0.6) is 0 Å². The summed E-state index contributed by atoms with van der Waals surface area (Å²) in [5.41, 5.74) is 1.18. The van der Waals surface area contributed by atoms with Crippen molar-refractivity contribution in [3.8, 4) is 0 Å². The van der Waals surface area contributed by atoms with Gasteiger partial charge in [0.2, 0.25) is 5.91 Å². The molecule has 1 unspecified atom stereocenters. The second kappa shape index (κ2) is 6.05. The van der Waals surface area contributed by atoms with Gasteiger partial charge in [-0.25, -0.2) is 0 Å². The number of nitrogens with one attached hydrogen (secondary N) is 1. The van der Waals surface area contributed by atoms with Crippen molar-refractivity contribution in [2.75, 3.05) is 5.32 Å². The number of carboxylic acids is 1.